The summed E-state index contributed by atoms with van der Waals surface area (Å²) >= 11 is 0. The summed E-state index contributed by atoms with van der Waals surface area (Å²) in [6.45, 7) is 0.980. The van der Waals surface area contributed by atoms with E-state index in [0.717, 1.165) is 0 Å². The quantitative estimate of drug-likeness (QED) is 0.289. The lowest BCUT2D eigenvalue weighted by Gasteiger charge is -2.06. The molecule has 1 aromatic rings. The van der Waals surface area contributed by atoms with Crippen LogP contribution in [0.4, 0.5) is 11.4 Å². The van der Waals surface area contributed by atoms with Gasteiger partial charge in [-0.05, 0) is 18.6 Å². The molecule has 1 amide bonds. The van der Waals surface area contributed by atoms with Crippen LogP contribution in [0.15, 0.2) is 18.2 Å². The number of amides is 1. The zero-order valence-electron chi connectivity index (χ0n) is 10.5. The number of hydrogen-bond donors (Lipinski definition) is 3. The third-order valence-electron chi connectivity index (χ3n) is 2.42. The minimum atomic E-state index is -0.600. The Labute approximate surface area is 110 Å². The van der Waals surface area contributed by atoms with E-state index < -0.39 is 4.92 Å². The number of nitrogens with one attached hydrogen (secondary N) is 2. The van der Waals surface area contributed by atoms with Gasteiger partial charge in [0.05, 0.1) is 4.92 Å². The maximum atomic E-state index is 11.8. The highest BCUT2D eigenvalue weighted by molar-refractivity contribution is 5.95. The molecule has 0 fully saturated rings. The fourth-order valence-electron chi connectivity index (χ4n) is 1.47. The lowest BCUT2D eigenvalue weighted by atomic mass is 10.1. The van der Waals surface area contributed by atoms with Crippen LogP contribution in [0.5, 0.6) is 0 Å². The molecule has 0 spiro atoms. The van der Waals surface area contributed by atoms with Crippen molar-refractivity contribution in [2.24, 2.45) is 5.84 Å². The fourth-order valence-corrected chi connectivity index (χ4v) is 1.47. The van der Waals surface area contributed by atoms with Crippen LogP contribution in [0.1, 0.15) is 16.8 Å². The molecule has 8 nitrogen and oxygen atoms in total. The van der Waals surface area contributed by atoms with Gasteiger partial charge in [-0.15, -0.1) is 0 Å². The molecule has 0 aliphatic rings. The Morgan fingerprint density at radius 2 is 2.26 bits per heavy atom. The molecular weight excluding hydrogens is 252 g/mol. The number of carbonyl (C=O) groups is 1. The van der Waals surface area contributed by atoms with Crippen LogP contribution in [0.2, 0.25) is 0 Å². The number of nitro groups is 1. The molecule has 0 unspecified atom stereocenters. The molecule has 0 aromatic heterocycles. The molecule has 1 aromatic carbocycles. The number of benzene rings is 1. The maximum absolute atomic E-state index is 11.8. The van der Waals surface area contributed by atoms with Gasteiger partial charge >= 0.3 is 0 Å². The summed E-state index contributed by atoms with van der Waals surface area (Å²) in [5.41, 5.74) is 2.33. The van der Waals surface area contributed by atoms with Gasteiger partial charge < -0.3 is 15.5 Å². The first-order valence-corrected chi connectivity index (χ1v) is 5.62. The molecule has 0 aliphatic carbocycles. The van der Waals surface area contributed by atoms with Gasteiger partial charge in [0.2, 0.25) is 0 Å². The fraction of sp³-hybridized carbons (Fsp3) is 0.364. The van der Waals surface area contributed by atoms with E-state index in [1.165, 1.54) is 18.2 Å². The minimum Gasteiger partial charge on any atom is -0.385 e. The Kier molecular flexibility index (Phi) is 5.71. The van der Waals surface area contributed by atoms with Crippen molar-refractivity contribution in [2.75, 3.05) is 25.7 Å². The highest BCUT2D eigenvalue weighted by atomic mass is 16.6. The predicted molar refractivity (Wildman–Crippen MR) is 69.7 cm³/mol. The summed E-state index contributed by atoms with van der Waals surface area (Å²) in [6.07, 6.45) is 0.673. The van der Waals surface area contributed by atoms with Crippen molar-refractivity contribution in [2.45, 2.75) is 6.42 Å². The second-order valence-corrected chi connectivity index (χ2v) is 3.74. The van der Waals surface area contributed by atoms with E-state index in [-0.39, 0.29) is 22.8 Å². The third kappa shape index (κ3) is 4.19. The van der Waals surface area contributed by atoms with Crippen molar-refractivity contribution in [3.8, 4) is 0 Å². The van der Waals surface area contributed by atoms with Crippen LogP contribution in [0.3, 0.4) is 0 Å². The summed E-state index contributed by atoms with van der Waals surface area (Å²) in [7, 11) is 1.57. The summed E-state index contributed by atoms with van der Waals surface area (Å²) < 4.78 is 4.85. The van der Waals surface area contributed by atoms with Crippen molar-refractivity contribution >= 4 is 17.3 Å². The van der Waals surface area contributed by atoms with Crippen LogP contribution >= 0.6 is 0 Å². The standard InChI is InChI=1S/C11H16N4O4/c1-19-6-2-5-13-11(16)8-3-4-9(14-12)10(7-8)15(17)18/h3-4,7,14H,2,5-6,12H2,1H3,(H,13,16). The Hall–Kier alpha value is -2.19. The van der Waals surface area contributed by atoms with E-state index in [4.69, 9.17) is 10.6 Å². The van der Waals surface area contributed by atoms with E-state index in [9.17, 15) is 14.9 Å². The highest BCUT2D eigenvalue weighted by Gasteiger charge is 2.16. The SMILES string of the molecule is COCCCNC(=O)c1ccc(NN)c([N+](=O)[O-])c1. The second kappa shape index (κ2) is 7.29. The van der Waals surface area contributed by atoms with Gasteiger partial charge in [0.25, 0.3) is 11.6 Å². The number of ether oxygens (including phenoxy) is 1. The van der Waals surface area contributed by atoms with Crippen LogP contribution in [-0.2, 0) is 4.74 Å². The average Bonchev–Trinajstić information content (AvgIpc) is 2.42. The highest BCUT2D eigenvalue weighted by Crippen LogP contribution is 2.24. The molecule has 4 N–H and O–H groups in total. The van der Waals surface area contributed by atoms with Crippen molar-refractivity contribution < 1.29 is 14.5 Å². The number of nitrogen functional groups attached to an aromatic ring is 1. The number of rotatable bonds is 7. The molecule has 1 rings (SSSR count). The first-order valence-electron chi connectivity index (χ1n) is 5.62. The largest absolute Gasteiger partial charge is 0.385 e. The molecule has 0 atom stereocenters. The summed E-state index contributed by atoms with van der Waals surface area (Å²) in [6, 6.07) is 4.04. The number of hydrogen-bond acceptors (Lipinski definition) is 6. The first-order chi connectivity index (χ1) is 9.10. The lowest BCUT2D eigenvalue weighted by molar-refractivity contribution is -0.384. The zero-order valence-corrected chi connectivity index (χ0v) is 10.5. The molecule has 104 valence electrons. The maximum Gasteiger partial charge on any atom is 0.294 e. The Balaban J connectivity index is 2.75. The summed E-state index contributed by atoms with van der Waals surface area (Å²) in [5.74, 6) is 4.79. The third-order valence-corrected chi connectivity index (χ3v) is 2.42. The van der Waals surface area contributed by atoms with Gasteiger partial charge in [0.1, 0.15) is 5.69 Å². The first kappa shape index (κ1) is 14.9. The van der Waals surface area contributed by atoms with Crippen LogP contribution < -0.4 is 16.6 Å². The molecule has 0 aliphatic heterocycles. The number of methoxy groups -OCH3 is 1. The second-order valence-electron chi connectivity index (χ2n) is 3.74. The smallest absolute Gasteiger partial charge is 0.294 e. The van der Waals surface area contributed by atoms with E-state index in [1.54, 1.807) is 7.11 Å². The van der Waals surface area contributed by atoms with Gasteiger partial charge in [-0.3, -0.25) is 20.8 Å². The molecule has 0 bridgehead atoms. The predicted octanol–water partition coefficient (Wildman–Crippen LogP) is 0.647. The number of nitrogens with zero attached hydrogens (tertiary/aromatic N) is 1. The van der Waals surface area contributed by atoms with E-state index in [2.05, 4.69) is 10.7 Å². The topological polar surface area (TPSA) is 120 Å². The van der Waals surface area contributed by atoms with Gasteiger partial charge in [-0.1, -0.05) is 0 Å². The number of anilines is 1. The number of nitro benzene ring substituents is 1. The van der Waals surface area contributed by atoms with E-state index >= 15 is 0 Å². The van der Waals surface area contributed by atoms with Crippen molar-refractivity contribution in [1.82, 2.24) is 5.32 Å². The minimum absolute atomic E-state index is 0.154. The molecule has 0 saturated carbocycles. The lowest BCUT2D eigenvalue weighted by Crippen LogP contribution is -2.25. The van der Waals surface area contributed by atoms with Gasteiger partial charge in [-0.25, -0.2) is 0 Å². The van der Waals surface area contributed by atoms with Crippen molar-refractivity contribution in [3.05, 3.63) is 33.9 Å². The van der Waals surface area contributed by atoms with Gasteiger partial charge in [-0.2, -0.15) is 0 Å². The zero-order chi connectivity index (χ0) is 14.3. The van der Waals surface area contributed by atoms with Crippen LogP contribution in [0.25, 0.3) is 0 Å². The molecule has 19 heavy (non-hydrogen) atoms. The van der Waals surface area contributed by atoms with Gasteiger partial charge in [0, 0.05) is 31.9 Å². The molecule has 0 saturated heterocycles. The molecular formula is C11H16N4O4. The Morgan fingerprint density at radius 3 is 2.84 bits per heavy atom. The Morgan fingerprint density at radius 1 is 1.53 bits per heavy atom. The Bertz CT molecular complexity index is 464. The van der Waals surface area contributed by atoms with E-state index in [0.29, 0.717) is 19.6 Å². The number of hydrazine groups is 1. The normalized spacial score (nSPS) is 10.0. The molecule has 8 heteroatoms. The number of carbonyl (C=O) groups excluding carboxylic acids is 1. The van der Waals surface area contributed by atoms with Crippen molar-refractivity contribution in [3.63, 3.8) is 0 Å². The molecule has 0 heterocycles. The van der Waals surface area contributed by atoms with Crippen LogP contribution in [-0.4, -0.2) is 31.1 Å². The monoisotopic (exact) mass is 268 g/mol. The summed E-state index contributed by atoms with van der Waals surface area (Å²) in [5, 5.41) is 13.5. The van der Waals surface area contributed by atoms with Gasteiger partial charge in [0.15, 0.2) is 0 Å². The average molecular weight is 268 g/mol. The van der Waals surface area contributed by atoms with Crippen LogP contribution in [0, 0.1) is 10.1 Å². The summed E-state index contributed by atoms with van der Waals surface area (Å²) in [4.78, 5) is 22.0. The molecule has 0 radical (unpaired) electrons. The van der Waals surface area contributed by atoms with E-state index in [1.807, 2.05) is 0 Å². The van der Waals surface area contributed by atoms with Crippen molar-refractivity contribution in [1.29, 1.82) is 0 Å². The number of nitrogens with two attached hydrogens (primary N) is 1.